The fraction of sp³-hybridized carbons (Fsp3) is 0.467. The van der Waals surface area contributed by atoms with Crippen LogP contribution in [0.2, 0.25) is 0 Å². The first kappa shape index (κ1) is 14.9. The van der Waals surface area contributed by atoms with Crippen LogP contribution in [0.4, 0.5) is 10.5 Å². The number of rotatable bonds is 3. The van der Waals surface area contributed by atoms with Gasteiger partial charge in [-0.2, -0.15) is 4.99 Å². The normalized spacial score (nSPS) is 16.8. The van der Waals surface area contributed by atoms with E-state index in [0.29, 0.717) is 0 Å². The molecule has 4 nitrogen and oxygen atoms in total. The molecule has 1 saturated heterocycles. The predicted octanol–water partition coefficient (Wildman–Crippen LogP) is 3.38. The molecule has 1 fully saturated rings. The van der Waals surface area contributed by atoms with E-state index in [1.54, 1.807) is 11.8 Å². The van der Waals surface area contributed by atoms with E-state index in [0.717, 1.165) is 47.1 Å². The van der Waals surface area contributed by atoms with E-state index in [4.69, 9.17) is 0 Å². The summed E-state index contributed by atoms with van der Waals surface area (Å²) in [6.45, 7) is 5.14. The fourth-order valence-electron chi connectivity index (χ4n) is 2.22. The number of aliphatic imine (C=N–C) groups is 1. The molecule has 2 rings (SSSR count). The average molecular weight is 291 g/mol. The Morgan fingerprint density at radius 1 is 1.35 bits per heavy atom. The van der Waals surface area contributed by atoms with Gasteiger partial charge < -0.3 is 10.2 Å². The average Bonchev–Trinajstić information content (AvgIpc) is 2.84. The van der Waals surface area contributed by atoms with Crippen molar-refractivity contribution in [3.05, 3.63) is 29.3 Å². The van der Waals surface area contributed by atoms with Gasteiger partial charge in [0.2, 0.25) is 0 Å². The van der Waals surface area contributed by atoms with Gasteiger partial charge in [0.25, 0.3) is 0 Å². The topological polar surface area (TPSA) is 44.7 Å². The number of para-hydroxylation sites is 1. The number of amides is 2. The number of hydrogen-bond acceptors (Lipinski definition) is 2. The molecule has 1 aliphatic rings. The zero-order chi connectivity index (χ0) is 14.5. The molecular formula is C15H21N3OS. The molecular weight excluding hydrogens is 270 g/mol. The quantitative estimate of drug-likeness (QED) is 0.928. The highest BCUT2D eigenvalue weighted by atomic mass is 32.2. The standard InChI is InChI=1S/C15H21N3OS/c1-4-11-7-6-8-12(5-2)13(11)16-14(19)17-15-18(3)9-10-20-15/h6-8H,4-5,9-10H2,1-3H3,(H,16,19). The number of benzene rings is 1. The molecule has 0 aliphatic carbocycles. The molecule has 5 heteroatoms. The smallest absolute Gasteiger partial charge is 0.347 e. The minimum absolute atomic E-state index is 0.281. The molecule has 1 aromatic rings. The van der Waals surface area contributed by atoms with Crippen LogP contribution in [-0.2, 0) is 12.8 Å². The van der Waals surface area contributed by atoms with E-state index < -0.39 is 0 Å². The second-order valence-electron chi connectivity index (χ2n) is 4.75. The van der Waals surface area contributed by atoms with Crippen LogP contribution in [0.5, 0.6) is 0 Å². The highest BCUT2D eigenvalue weighted by Gasteiger charge is 2.17. The van der Waals surface area contributed by atoms with E-state index in [1.165, 1.54) is 0 Å². The third-order valence-electron chi connectivity index (χ3n) is 3.41. The van der Waals surface area contributed by atoms with Crippen LogP contribution in [0.25, 0.3) is 0 Å². The van der Waals surface area contributed by atoms with Crippen LogP contribution in [0, 0.1) is 0 Å². The molecule has 0 bridgehead atoms. The molecule has 2 amide bonds. The van der Waals surface area contributed by atoms with E-state index in [9.17, 15) is 4.79 Å². The van der Waals surface area contributed by atoms with E-state index >= 15 is 0 Å². The first-order valence-corrected chi connectivity index (χ1v) is 7.98. The van der Waals surface area contributed by atoms with Gasteiger partial charge in [-0.15, -0.1) is 0 Å². The van der Waals surface area contributed by atoms with Crippen molar-refractivity contribution in [2.45, 2.75) is 26.7 Å². The SMILES string of the molecule is CCc1cccc(CC)c1NC(=O)N=C1SCCN1C. The molecule has 0 spiro atoms. The maximum Gasteiger partial charge on any atom is 0.347 e. The maximum absolute atomic E-state index is 12.1. The number of hydrogen-bond donors (Lipinski definition) is 1. The molecule has 0 atom stereocenters. The van der Waals surface area contributed by atoms with Gasteiger partial charge >= 0.3 is 6.03 Å². The number of carbonyl (C=O) groups excluding carboxylic acids is 1. The Bertz CT molecular complexity index is 506. The number of anilines is 1. The maximum atomic E-state index is 12.1. The van der Waals surface area contributed by atoms with Gasteiger partial charge in [0.15, 0.2) is 5.17 Å². The van der Waals surface area contributed by atoms with Gasteiger partial charge in [0.1, 0.15) is 0 Å². The zero-order valence-electron chi connectivity index (χ0n) is 12.3. The molecule has 1 N–H and O–H groups in total. The predicted molar refractivity (Wildman–Crippen MR) is 86.7 cm³/mol. The number of nitrogens with zero attached hydrogens (tertiary/aromatic N) is 2. The van der Waals surface area contributed by atoms with Crippen LogP contribution in [0.15, 0.2) is 23.2 Å². The van der Waals surface area contributed by atoms with Crippen LogP contribution in [0.1, 0.15) is 25.0 Å². The van der Waals surface area contributed by atoms with E-state index in [1.807, 2.05) is 18.0 Å². The molecule has 0 radical (unpaired) electrons. The Labute approximate surface area is 124 Å². The summed E-state index contributed by atoms with van der Waals surface area (Å²) in [7, 11) is 1.96. The summed E-state index contributed by atoms with van der Waals surface area (Å²) in [4.78, 5) is 18.3. The van der Waals surface area contributed by atoms with Crippen molar-refractivity contribution in [2.24, 2.45) is 4.99 Å². The lowest BCUT2D eigenvalue weighted by Crippen LogP contribution is -2.21. The van der Waals surface area contributed by atoms with Crippen molar-refractivity contribution in [3.63, 3.8) is 0 Å². The van der Waals surface area contributed by atoms with Gasteiger partial charge in [-0.1, -0.05) is 43.8 Å². The molecule has 0 aromatic heterocycles. The first-order chi connectivity index (χ1) is 9.65. The molecule has 1 heterocycles. The van der Waals surface area contributed by atoms with Crippen molar-refractivity contribution in [2.75, 3.05) is 24.7 Å². The van der Waals surface area contributed by atoms with Gasteiger partial charge in [0, 0.05) is 25.0 Å². The van der Waals surface area contributed by atoms with Gasteiger partial charge in [0.05, 0.1) is 0 Å². The summed E-state index contributed by atoms with van der Waals surface area (Å²) >= 11 is 1.62. The Hall–Kier alpha value is -1.49. The third kappa shape index (κ3) is 3.33. The molecule has 0 unspecified atom stereocenters. The molecule has 1 aromatic carbocycles. The van der Waals surface area contributed by atoms with Gasteiger partial charge in [-0.25, -0.2) is 4.79 Å². The Kier molecular flexibility index (Phi) is 5.06. The summed E-state index contributed by atoms with van der Waals surface area (Å²) in [6, 6.07) is 5.87. The van der Waals surface area contributed by atoms with Gasteiger partial charge in [-0.3, -0.25) is 0 Å². The molecule has 20 heavy (non-hydrogen) atoms. The lowest BCUT2D eigenvalue weighted by atomic mass is 10.0. The van der Waals surface area contributed by atoms with Crippen LogP contribution >= 0.6 is 11.8 Å². The van der Waals surface area contributed by atoms with Gasteiger partial charge in [-0.05, 0) is 24.0 Å². The van der Waals surface area contributed by atoms with Crippen molar-refractivity contribution < 1.29 is 4.79 Å². The van der Waals surface area contributed by atoms with Crippen LogP contribution < -0.4 is 5.32 Å². The van der Waals surface area contributed by atoms with E-state index in [-0.39, 0.29) is 6.03 Å². The Balaban J connectivity index is 2.19. The summed E-state index contributed by atoms with van der Waals surface area (Å²) in [5, 5.41) is 3.76. The minimum Gasteiger partial charge on any atom is -0.353 e. The molecule has 1 aliphatic heterocycles. The highest BCUT2D eigenvalue weighted by molar-refractivity contribution is 8.14. The minimum atomic E-state index is -0.281. The van der Waals surface area contributed by atoms with Crippen LogP contribution in [0.3, 0.4) is 0 Å². The highest BCUT2D eigenvalue weighted by Crippen LogP contribution is 2.23. The molecule has 108 valence electrons. The van der Waals surface area contributed by atoms with Crippen molar-refractivity contribution in [1.82, 2.24) is 4.90 Å². The van der Waals surface area contributed by atoms with Crippen LogP contribution in [-0.4, -0.2) is 35.4 Å². The summed E-state index contributed by atoms with van der Waals surface area (Å²) in [5.41, 5.74) is 3.24. The number of amidine groups is 1. The lowest BCUT2D eigenvalue weighted by Gasteiger charge is -2.14. The summed E-state index contributed by atoms with van der Waals surface area (Å²) in [5.74, 6) is 0.994. The molecule has 0 saturated carbocycles. The number of nitrogens with one attached hydrogen (secondary N) is 1. The summed E-state index contributed by atoms with van der Waals surface area (Å²) < 4.78 is 0. The Morgan fingerprint density at radius 2 is 2.00 bits per heavy atom. The number of thioether (sulfide) groups is 1. The van der Waals surface area contributed by atoms with Crippen molar-refractivity contribution >= 4 is 28.6 Å². The fourth-order valence-corrected chi connectivity index (χ4v) is 3.23. The monoisotopic (exact) mass is 291 g/mol. The second-order valence-corrected chi connectivity index (χ2v) is 5.81. The largest absolute Gasteiger partial charge is 0.353 e. The number of aryl methyl sites for hydroxylation is 2. The number of urea groups is 1. The number of carbonyl (C=O) groups is 1. The van der Waals surface area contributed by atoms with Crippen molar-refractivity contribution in [1.29, 1.82) is 0 Å². The zero-order valence-corrected chi connectivity index (χ0v) is 13.1. The third-order valence-corrected chi connectivity index (χ3v) is 4.46. The Morgan fingerprint density at radius 3 is 2.50 bits per heavy atom. The summed E-state index contributed by atoms with van der Waals surface area (Å²) in [6.07, 6.45) is 1.79. The lowest BCUT2D eigenvalue weighted by molar-refractivity contribution is 0.259. The first-order valence-electron chi connectivity index (χ1n) is 7.00. The van der Waals surface area contributed by atoms with Crippen molar-refractivity contribution in [3.8, 4) is 0 Å². The van der Waals surface area contributed by atoms with E-state index in [2.05, 4.69) is 36.3 Å². The second kappa shape index (κ2) is 6.79.